The van der Waals surface area contributed by atoms with E-state index in [-0.39, 0.29) is 24.0 Å². The number of nitrogens with zero attached hydrogens (tertiary/aromatic N) is 2. The Morgan fingerprint density at radius 1 is 1.30 bits per heavy atom. The number of ether oxygens (including phenoxy) is 1. The van der Waals surface area contributed by atoms with Crippen LogP contribution in [0.15, 0.2) is 24.5 Å². The van der Waals surface area contributed by atoms with E-state index in [1.807, 2.05) is 4.90 Å². The second-order valence-corrected chi connectivity index (χ2v) is 5.28. The van der Waals surface area contributed by atoms with Crippen LogP contribution in [0.3, 0.4) is 0 Å². The molecule has 0 bridgehead atoms. The fourth-order valence-electron chi connectivity index (χ4n) is 2.70. The molecule has 1 aromatic heterocycles. The van der Waals surface area contributed by atoms with Crippen LogP contribution in [0.25, 0.3) is 0 Å². The zero-order valence-electron chi connectivity index (χ0n) is 11.2. The van der Waals surface area contributed by atoms with E-state index in [2.05, 4.69) is 10.3 Å². The summed E-state index contributed by atoms with van der Waals surface area (Å²) in [7, 11) is 0. The number of pyridine rings is 1. The van der Waals surface area contributed by atoms with Crippen molar-refractivity contribution in [1.82, 2.24) is 15.2 Å². The highest BCUT2D eigenvalue weighted by atomic mass is 16.5. The Morgan fingerprint density at radius 3 is 2.60 bits per heavy atom. The Morgan fingerprint density at radius 2 is 2.00 bits per heavy atom. The third kappa shape index (κ3) is 2.51. The number of likely N-dealkylation sites (tertiary alicyclic amines) is 1. The Labute approximate surface area is 117 Å². The van der Waals surface area contributed by atoms with Gasteiger partial charge < -0.3 is 15.0 Å². The Hall–Kier alpha value is -1.95. The van der Waals surface area contributed by atoms with Crippen LogP contribution in [-0.2, 0) is 9.53 Å². The van der Waals surface area contributed by atoms with Crippen molar-refractivity contribution in [3.63, 3.8) is 0 Å². The molecule has 0 aromatic carbocycles. The smallest absolute Gasteiger partial charge is 0.253 e. The van der Waals surface area contributed by atoms with Crippen LogP contribution in [0.1, 0.15) is 23.2 Å². The van der Waals surface area contributed by atoms with E-state index in [1.165, 1.54) is 0 Å². The molecule has 1 spiro atoms. The summed E-state index contributed by atoms with van der Waals surface area (Å²) >= 11 is 0. The van der Waals surface area contributed by atoms with Crippen molar-refractivity contribution in [2.24, 2.45) is 0 Å². The topological polar surface area (TPSA) is 71.5 Å². The van der Waals surface area contributed by atoms with Gasteiger partial charge in [-0.3, -0.25) is 14.6 Å². The number of hydrogen-bond donors (Lipinski definition) is 1. The summed E-state index contributed by atoms with van der Waals surface area (Å²) in [5.74, 6) is -0.0342. The van der Waals surface area contributed by atoms with E-state index in [9.17, 15) is 9.59 Å². The molecule has 2 fully saturated rings. The molecule has 6 nitrogen and oxygen atoms in total. The zero-order valence-corrected chi connectivity index (χ0v) is 11.2. The lowest BCUT2D eigenvalue weighted by Gasteiger charge is -2.43. The first-order valence-electron chi connectivity index (χ1n) is 6.79. The predicted molar refractivity (Wildman–Crippen MR) is 71.1 cm³/mol. The first-order chi connectivity index (χ1) is 9.69. The highest BCUT2D eigenvalue weighted by Gasteiger charge is 2.39. The molecule has 0 atom stereocenters. The molecule has 3 heterocycles. The van der Waals surface area contributed by atoms with E-state index in [1.54, 1.807) is 24.5 Å². The third-order valence-electron chi connectivity index (χ3n) is 4.01. The molecule has 20 heavy (non-hydrogen) atoms. The van der Waals surface area contributed by atoms with Gasteiger partial charge in [0.2, 0.25) is 5.91 Å². The quantitative estimate of drug-likeness (QED) is 0.795. The summed E-state index contributed by atoms with van der Waals surface area (Å²) < 4.78 is 5.69. The van der Waals surface area contributed by atoms with Gasteiger partial charge in [-0.15, -0.1) is 0 Å². The number of rotatable bonds is 1. The van der Waals surface area contributed by atoms with E-state index in [0.29, 0.717) is 25.2 Å². The molecule has 3 rings (SSSR count). The van der Waals surface area contributed by atoms with Crippen molar-refractivity contribution in [2.45, 2.75) is 18.4 Å². The van der Waals surface area contributed by atoms with E-state index >= 15 is 0 Å². The summed E-state index contributed by atoms with van der Waals surface area (Å²) in [6.07, 6.45) is 4.76. The van der Waals surface area contributed by atoms with E-state index < -0.39 is 0 Å². The summed E-state index contributed by atoms with van der Waals surface area (Å²) in [6.45, 7) is 1.97. The highest BCUT2D eigenvalue weighted by Crippen LogP contribution is 2.28. The van der Waals surface area contributed by atoms with Gasteiger partial charge in [-0.25, -0.2) is 0 Å². The monoisotopic (exact) mass is 275 g/mol. The highest BCUT2D eigenvalue weighted by molar-refractivity contribution is 5.94. The second-order valence-electron chi connectivity index (χ2n) is 5.28. The van der Waals surface area contributed by atoms with E-state index in [4.69, 9.17) is 4.74 Å². The largest absolute Gasteiger partial charge is 0.363 e. The second kappa shape index (κ2) is 5.20. The third-order valence-corrected chi connectivity index (χ3v) is 4.01. The number of aromatic nitrogens is 1. The first kappa shape index (κ1) is 13.1. The average molecular weight is 275 g/mol. The Bertz CT molecular complexity index is 498. The van der Waals surface area contributed by atoms with Crippen molar-refractivity contribution in [2.75, 3.05) is 26.2 Å². The van der Waals surface area contributed by atoms with Crippen LogP contribution in [0.5, 0.6) is 0 Å². The van der Waals surface area contributed by atoms with Gasteiger partial charge in [-0.2, -0.15) is 0 Å². The normalized spacial score (nSPS) is 21.6. The number of nitrogens with one attached hydrogen (secondary N) is 1. The molecule has 6 heteroatoms. The van der Waals surface area contributed by atoms with Gasteiger partial charge in [-0.05, 0) is 25.0 Å². The van der Waals surface area contributed by atoms with Crippen LogP contribution >= 0.6 is 0 Å². The van der Waals surface area contributed by atoms with Crippen LogP contribution in [-0.4, -0.2) is 53.5 Å². The standard InChI is InChI=1S/C14H17N3O3/c18-12-9-20-14(10-16-12)3-7-17(8-4-14)13(19)11-1-5-15-6-2-11/h1-2,5-6H,3-4,7-10H2,(H,16,18). The maximum Gasteiger partial charge on any atom is 0.253 e. The van der Waals surface area contributed by atoms with Crippen LogP contribution in [0.4, 0.5) is 0 Å². The Kier molecular flexibility index (Phi) is 3.40. The minimum Gasteiger partial charge on any atom is -0.363 e. The molecule has 1 aromatic rings. The summed E-state index contributed by atoms with van der Waals surface area (Å²) in [5.41, 5.74) is 0.372. The fraction of sp³-hybridized carbons (Fsp3) is 0.500. The van der Waals surface area contributed by atoms with Gasteiger partial charge in [0.1, 0.15) is 6.61 Å². The molecule has 0 radical (unpaired) electrons. The van der Waals surface area contributed by atoms with Gasteiger partial charge in [0.15, 0.2) is 0 Å². The molecular formula is C14H17N3O3. The Balaban J connectivity index is 1.61. The predicted octanol–water partition coefficient (Wildman–Crippen LogP) is 0.203. The lowest BCUT2D eigenvalue weighted by molar-refractivity contribution is -0.149. The summed E-state index contributed by atoms with van der Waals surface area (Å²) in [6, 6.07) is 3.45. The van der Waals surface area contributed by atoms with Crippen molar-refractivity contribution in [1.29, 1.82) is 0 Å². The summed E-state index contributed by atoms with van der Waals surface area (Å²) in [4.78, 5) is 29.2. The summed E-state index contributed by atoms with van der Waals surface area (Å²) in [5, 5.41) is 2.84. The lowest BCUT2D eigenvalue weighted by atomic mass is 9.89. The number of hydrogen-bond acceptors (Lipinski definition) is 4. The van der Waals surface area contributed by atoms with Gasteiger partial charge in [0.25, 0.3) is 5.91 Å². The zero-order chi connectivity index (χ0) is 14.0. The SMILES string of the molecule is O=C1COC2(CCN(C(=O)c3ccncc3)CC2)CN1. The molecular weight excluding hydrogens is 258 g/mol. The molecule has 2 saturated heterocycles. The molecule has 2 aliphatic rings. The average Bonchev–Trinajstić information content (AvgIpc) is 2.52. The molecule has 2 amide bonds. The maximum atomic E-state index is 12.3. The van der Waals surface area contributed by atoms with Gasteiger partial charge in [0, 0.05) is 37.6 Å². The number of morpholine rings is 1. The molecule has 1 N–H and O–H groups in total. The number of carbonyl (C=O) groups excluding carboxylic acids is 2. The van der Waals surface area contributed by atoms with Crippen LogP contribution < -0.4 is 5.32 Å². The van der Waals surface area contributed by atoms with Crippen LogP contribution in [0.2, 0.25) is 0 Å². The van der Waals surface area contributed by atoms with E-state index in [0.717, 1.165) is 12.8 Å². The van der Waals surface area contributed by atoms with Crippen molar-refractivity contribution < 1.29 is 14.3 Å². The number of carbonyl (C=O) groups is 2. The molecule has 0 aliphatic carbocycles. The van der Waals surface area contributed by atoms with Crippen LogP contribution in [0, 0.1) is 0 Å². The van der Waals surface area contributed by atoms with Crippen molar-refractivity contribution in [3.05, 3.63) is 30.1 Å². The molecule has 106 valence electrons. The van der Waals surface area contributed by atoms with Gasteiger partial charge in [0.05, 0.1) is 5.60 Å². The minimum atomic E-state index is -0.289. The maximum absolute atomic E-state index is 12.3. The molecule has 0 saturated carbocycles. The van der Waals surface area contributed by atoms with Gasteiger partial charge >= 0.3 is 0 Å². The minimum absolute atomic E-state index is 0.0297. The number of piperidine rings is 1. The van der Waals surface area contributed by atoms with Crippen molar-refractivity contribution >= 4 is 11.8 Å². The van der Waals surface area contributed by atoms with Crippen molar-refractivity contribution in [3.8, 4) is 0 Å². The fourth-order valence-corrected chi connectivity index (χ4v) is 2.70. The number of amides is 2. The molecule has 0 unspecified atom stereocenters. The lowest BCUT2D eigenvalue weighted by Crippen LogP contribution is -2.58. The van der Waals surface area contributed by atoms with Gasteiger partial charge in [-0.1, -0.05) is 0 Å². The molecule has 2 aliphatic heterocycles. The first-order valence-corrected chi connectivity index (χ1v) is 6.79.